The van der Waals surface area contributed by atoms with Gasteiger partial charge in [-0.3, -0.25) is 9.59 Å². The van der Waals surface area contributed by atoms with Crippen LogP contribution in [0.1, 0.15) is 35.7 Å². The maximum absolute atomic E-state index is 11.3. The van der Waals surface area contributed by atoms with E-state index in [0.717, 1.165) is 5.56 Å². The normalized spacial score (nSPS) is 12.3. The molecule has 1 N–H and O–H groups in total. The lowest BCUT2D eigenvalue weighted by atomic mass is 10.0. The fourth-order valence-electron chi connectivity index (χ4n) is 2.33. The quantitative estimate of drug-likeness (QED) is 0.740. The summed E-state index contributed by atoms with van der Waals surface area (Å²) in [4.78, 5) is 26.8. The fraction of sp³-hybridized carbons (Fsp3) is 0.167. The van der Waals surface area contributed by atoms with E-state index < -0.39 is 11.9 Å². The number of fused-ring (bicyclic) bond motifs is 1. The Hall–Kier alpha value is -2.95. The second-order valence-electron chi connectivity index (χ2n) is 5.44. The molecule has 0 radical (unpaired) electrons. The first-order chi connectivity index (χ1) is 11.0. The number of nitrogens with zero attached hydrogens (tertiary/aromatic N) is 1. The molecule has 5 heteroatoms. The van der Waals surface area contributed by atoms with Gasteiger partial charge in [0.15, 0.2) is 11.4 Å². The summed E-state index contributed by atoms with van der Waals surface area (Å²) in [7, 11) is 0. The molecule has 0 amide bonds. The van der Waals surface area contributed by atoms with Crippen LogP contribution in [0.5, 0.6) is 0 Å². The van der Waals surface area contributed by atoms with E-state index in [1.165, 1.54) is 6.92 Å². The van der Waals surface area contributed by atoms with E-state index in [4.69, 9.17) is 9.52 Å². The van der Waals surface area contributed by atoms with Crippen LogP contribution in [0.2, 0.25) is 0 Å². The Morgan fingerprint density at radius 3 is 2.43 bits per heavy atom. The number of hydrogen-bond acceptors (Lipinski definition) is 4. The van der Waals surface area contributed by atoms with Crippen LogP contribution in [-0.2, 0) is 4.79 Å². The van der Waals surface area contributed by atoms with Crippen LogP contribution in [0.3, 0.4) is 0 Å². The van der Waals surface area contributed by atoms with Crippen LogP contribution in [-0.4, -0.2) is 21.8 Å². The number of aliphatic carboxylic acids is 1. The lowest BCUT2D eigenvalue weighted by Gasteiger charge is -2.04. The number of ketones is 1. The van der Waals surface area contributed by atoms with Gasteiger partial charge in [0.2, 0.25) is 5.89 Å². The molecule has 1 heterocycles. The molecule has 0 aliphatic carbocycles. The first kappa shape index (κ1) is 15.0. The Kier molecular flexibility index (Phi) is 3.70. The molecule has 0 fully saturated rings. The second-order valence-corrected chi connectivity index (χ2v) is 5.44. The lowest BCUT2D eigenvalue weighted by Crippen LogP contribution is -2.06. The molecule has 1 atom stereocenters. The third kappa shape index (κ3) is 2.85. The minimum Gasteiger partial charge on any atom is -0.481 e. The molecule has 2 aromatic carbocycles. The van der Waals surface area contributed by atoms with Gasteiger partial charge >= 0.3 is 5.97 Å². The molecule has 0 saturated heterocycles. The van der Waals surface area contributed by atoms with Gasteiger partial charge in [0, 0.05) is 11.1 Å². The lowest BCUT2D eigenvalue weighted by molar-refractivity contribution is -0.138. The van der Waals surface area contributed by atoms with Gasteiger partial charge in [-0.15, -0.1) is 0 Å². The van der Waals surface area contributed by atoms with Gasteiger partial charge in [-0.1, -0.05) is 18.2 Å². The van der Waals surface area contributed by atoms with Crippen LogP contribution in [0.4, 0.5) is 0 Å². The zero-order valence-corrected chi connectivity index (χ0v) is 12.7. The molecule has 23 heavy (non-hydrogen) atoms. The number of oxazole rings is 1. The van der Waals surface area contributed by atoms with Crippen molar-refractivity contribution in [1.29, 1.82) is 0 Å². The number of Topliss-reactive ketones (excluding diaryl/α,β-unsaturated/α-hetero) is 1. The van der Waals surface area contributed by atoms with Gasteiger partial charge < -0.3 is 9.52 Å². The summed E-state index contributed by atoms with van der Waals surface area (Å²) >= 11 is 0. The second kappa shape index (κ2) is 5.68. The number of carbonyl (C=O) groups excluding carboxylic acids is 1. The smallest absolute Gasteiger partial charge is 0.310 e. The van der Waals surface area contributed by atoms with Crippen LogP contribution in [0, 0.1) is 0 Å². The van der Waals surface area contributed by atoms with Crippen molar-refractivity contribution >= 4 is 22.9 Å². The maximum atomic E-state index is 11.3. The molecule has 1 unspecified atom stereocenters. The Morgan fingerprint density at radius 2 is 1.83 bits per heavy atom. The number of hydrogen-bond donors (Lipinski definition) is 1. The highest BCUT2D eigenvalue weighted by atomic mass is 16.4. The highest BCUT2D eigenvalue weighted by Gasteiger charge is 2.16. The Balaban J connectivity index is 1.99. The van der Waals surface area contributed by atoms with E-state index in [2.05, 4.69) is 4.98 Å². The summed E-state index contributed by atoms with van der Waals surface area (Å²) in [6, 6.07) is 12.2. The van der Waals surface area contributed by atoms with Crippen molar-refractivity contribution in [3.05, 3.63) is 53.6 Å². The van der Waals surface area contributed by atoms with E-state index in [1.54, 1.807) is 49.4 Å². The molecule has 3 rings (SSSR count). The zero-order valence-electron chi connectivity index (χ0n) is 12.7. The number of aromatic nitrogens is 1. The third-order valence-corrected chi connectivity index (χ3v) is 3.82. The van der Waals surface area contributed by atoms with Crippen LogP contribution in [0.15, 0.2) is 46.9 Å². The number of rotatable bonds is 4. The summed E-state index contributed by atoms with van der Waals surface area (Å²) < 4.78 is 5.71. The predicted molar refractivity (Wildman–Crippen MR) is 85.5 cm³/mol. The number of carboxylic acid groups (broad SMARTS) is 1. The highest BCUT2D eigenvalue weighted by Crippen LogP contribution is 2.27. The van der Waals surface area contributed by atoms with E-state index in [0.29, 0.717) is 28.1 Å². The first-order valence-corrected chi connectivity index (χ1v) is 7.20. The standard InChI is InChI=1S/C18H15NO4/c1-10(18(21)22)14-7-8-16-15(9-14)19-17(23-16)13-5-3-12(4-6-13)11(2)20/h3-10H,1-2H3,(H,21,22). The van der Waals surface area contributed by atoms with Crippen molar-refractivity contribution in [3.8, 4) is 11.5 Å². The van der Waals surface area contributed by atoms with Crippen LogP contribution < -0.4 is 0 Å². The molecule has 3 aromatic rings. The minimum absolute atomic E-state index is 0.00131. The van der Waals surface area contributed by atoms with Gasteiger partial charge in [-0.2, -0.15) is 0 Å². The summed E-state index contributed by atoms with van der Waals surface area (Å²) in [5.74, 6) is -1.04. The molecule has 0 spiro atoms. The van der Waals surface area contributed by atoms with Crippen molar-refractivity contribution in [1.82, 2.24) is 4.98 Å². The Labute approximate surface area is 132 Å². The molecule has 0 saturated carbocycles. The number of carbonyl (C=O) groups is 2. The topological polar surface area (TPSA) is 80.4 Å². The van der Waals surface area contributed by atoms with E-state index in [-0.39, 0.29) is 5.78 Å². The first-order valence-electron chi connectivity index (χ1n) is 7.20. The highest BCUT2D eigenvalue weighted by molar-refractivity contribution is 5.94. The van der Waals surface area contributed by atoms with E-state index >= 15 is 0 Å². The van der Waals surface area contributed by atoms with Crippen molar-refractivity contribution in [2.45, 2.75) is 19.8 Å². The van der Waals surface area contributed by atoms with Crippen LogP contribution >= 0.6 is 0 Å². The van der Waals surface area contributed by atoms with Gasteiger partial charge in [0.05, 0.1) is 5.92 Å². The average molecular weight is 309 g/mol. The largest absolute Gasteiger partial charge is 0.481 e. The average Bonchev–Trinajstić information content (AvgIpc) is 2.97. The van der Waals surface area contributed by atoms with Crippen molar-refractivity contribution < 1.29 is 19.1 Å². The maximum Gasteiger partial charge on any atom is 0.310 e. The number of benzene rings is 2. The summed E-state index contributed by atoms with van der Waals surface area (Å²) in [5.41, 5.74) is 3.27. The van der Waals surface area contributed by atoms with Crippen molar-refractivity contribution in [2.24, 2.45) is 0 Å². The van der Waals surface area contributed by atoms with Gasteiger partial charge in [0.25, 0.3) is 0 Å². The molecule has 0 bridgehead atoms. The summed E-state index contributed by atoms with van der Waals surface area (Å²) in [6.45, 7) is 3.14. The SMILES string of the molecule is CC(=O)c1ccc(-c2nc3cc(C(C)C(=O)O)ccc3o2)cc1. The molecule has 0 aliphatic heterocycles. The molecular formula is C18H15NO4. The summed E-state index contributed by atoms with van der Waals surface area (Å²) in [6.07, 6.45) is 0. The zero-order chi connectivity index (χ0) is 16.6. The van der Waals surface area contributed by atoms with Crippen molar-refractivity contribution in [3.63, 3.8) is 0 Å². The Bertz CT molecular complexity index is 893. The van der Waals surface area contributed by atoms with Crippen molar-refractivity contribution in [2.75, 3.05) is 0 Å². The summed E-state index contributed by atoms with van der Waals surface area (Å²) in [5, 5.41) is 9.09. The van der Waals surface area contributed by atoms with Gasteiger partial charge in [-0.25, -0.2) is 4.98 Å². The van der Waals surface area contributed by atoms with Gasteiger partial charge in [0.1, 0.15) is 5.52 Å². The van der Waals surface area contributed by atoms with Gasteiger partial charge in [-0.05, 0) is 43.7 Å². The Morgan fingerprint density at radius 1 is 1.13 bits per heavy atom. The monoisotopic (exact) mass is 309 g/mol. The molecule has 0 aliphatic rings. The molecule has 5 nitrogen and oxygen atoms in total. The third-order valence-electron chi connectivity index (χ3n) is 3.82. The van der Waals surface area contributed by atoms with E-state index in [1.807, 2.05) is 0 Å². The number of carboxylic acids is 1. The minimum atomic E-state index is -0.882. The molecule has 116 valence electrons. The molecular weight excluding hydrogens is 294 g/mol. The molecule has 1 aromatic heterocycles. The van der Waals surface area contributed by atoms with Crippen LogP contribution in [0.25, 0.3) is 22.6 Å². The fourth-order valence-corrected chi connectivity index (χ4v) is 2.33. The predicted octanol–water partition coefficient (Wildman–Crippen LogP) is 3.89. The van der Waals surface area contributed by atoms with E-state index in [9.17, 15) is 9.59 Å².